The zero-order valence-electron chi connectivity index (χ0n) is 15.3. The Balaban J connectivity index is 2.74. The van der Waals surface area contributed by atoms with Gasteiger partial charge in [-0.3, -0.25) is 9.59 Å². The van der Waals surface area contributed by atoms with Crippen molar-refractivity contribution < 1.29 is 9.59 Å². The van der Waals surface area contributed by atoms with E-state index in [-0.39, 0.29) is 11.7 Å². The second kappa shape index (κ2) is 11.6. The first-order valence-electron chi connectivity index (χ1n) is 9.11. The molecule has 0 fully saturated rings. The average molecular weight is 329 g/mol. The summed E-state index contributed by atoms with van der Waals surface area (Å²) in [5.74, 6) is -0.614. The van der Waals surface area contributed by atoms with Crippen LogP contribution in [0.1, 0.15) is 58.4 Å². The summed E-state index contributed by atoms with van der Waals surface area (Å²) in [6.45, 7) is 7.26. The van der Waals surface area contributed by atoms with E-state index in [4.69, 9.17) is 0 Å². The van der Waals surface area contributed by atoms with Gasteiger partial charge in [-0.25, -0.2) is 0 Å². The SMILES string of the molecule is CCCCN(CCCC)C(=O)C(C/C=C/c1ccccc1)C(C)=O. The largest absolute Gasteiger partial charge is 0.342 e. The van der Waals surface area contributed by atoms with E-state index in [2.05, 4.69) is 13.8 Å². The Morgan fingerprint density at radius 1 is 1.04 bits per heavy atom. The summed E-state index contributed by atoms with van der Waals surface area (Å²) in [5.41, 5.74) is 1.08. The Labute approximate surface area is 146 Å². The van der Waals surface area contributed by atoms with Gasteiger partial charge in [-0.1, -0.05) is 69.2 Å². The van der Waals surface area contributed by atoms with E-state index < -0.39 is 5.92 Å². The Kier molecular flexibility index (Phi) is 9.74. The van der Waals surface area contributed by atoms with E-state index in [0.717, 1.165) is 44.3 Å². The zero-order chi connectivity index (χ0) is 17.8. The molecule has 24 heavy (non-hydrogen) atoms. The average Bonchev–Trinajstić information content (AvgIpc) is 2.59. The van der Waals surface area contributed by atoms with Gasteiger partial charge in [0.05, 0.1) is 5.92 Å². The molecular weight excluding hydrogens is 298 g/mol. The van der Waals surface area contributed by atoms with Gasteiger partial charge in [-0.15, -0.1) is 0 Å². The van der Waals surface area contributed by atoms with Crippen molar-refractivity contribution in [2.45, 2.75) is 52.9 Å². The van der Waals surface area contributed by atoms with Crippen LogP contribution in [0, 0.1) is 5.92 Å². The molecule has 1 aromatic rings. The molecule has 0 saturated heterocycles. The topological polar surface area (TPSA) is 37.4 Å². The maximum absolute atomic E-state index is 12.8. The van der Waals surface area contributed by atoms with Crippen LogP contribution in [-0.4, -0.2) is 29.7 Å². The minimum atomic E-state index is -0.557. The number of carbonyl (C=O) groups excluding carboxylic acids is 2. The fraction of sp³-hybridized carbons (Fsp3) is 0.524. The molecule has 0 aliphatic carbocycles. The van der Waals surface area contributed by atoms with Crippen LogP contribution in [0.5, 0.6) is 0 Å². The maximum atomic E-state index is 12.8. The molecule has 1 amide bonds. The van der Waals surface area contributed by atoms with Crippen molar-refractivity contribution in [1.82, 2.24) is 4.90 Å². The molecule has 1 unspecified atom stereocenters. The Morgan fingerprint density at radius 2 is 1.62 bits per heavy atom. The molecule has 1 atom stereocenters. The molecule has 1 rings (SSSR count). The molecule has 0 aromatic heterocycles. The molecule has 1 aromatic carbocycles. The summed E-state index contributed by atoms with van der Waals surface area (Å²) in [7, 11) is 0. The summed E-state index contributed by atoms with van der Waals surface area (Å²) in [5, 5.41) is 0. The number of ketones is 1. The van der Waals surface area contributed by atoms with Crippen molar-refractivity contribution in [2.24, 2.45) is 5.92 Å². The number of benzene rings is 1. The highest BCUT2D eigenvalue weighted by Crippen LogP contribution is 2.14. The van der Waals surface area contributed by atoms with Crippen LogP contribution < -0.4 is 0 Å². The lowest BCUT2D eigenvalue weighted by Crippen LogP contribution is -2.40. The quantitative estimate of drug-likeness (QED) is 0.551. The van der Waals surface area contributed by atoms with Gasteiger partial charge in [0.25, 0.3) is 0 Å². The van der Waals surface area contributed by atoms with Crippen molar-refractivity contribution in [2.75, 3.05) is 13.1 Å². The monoisotopic (exact) mass is 329 g/mol. The van der Waals surface area contributed by atoms with Crippen molar-refractivity contribution >= 4 is 17.8 Å². The lowest BCUT2D eigenvalue weighted by Gasteiger charge is -2.26. The smallest absolute Gasteiger partial charge is 0.233 e. The van der Waals surface area contributed by atoms with E-state index in [9.17, 15) is 9.59 Å². The third-order valence-electron chi connectivity index (χ3n) is 4.15. The van der Waals surface area contributed by atoms with E-state index in [1.165, 1.54) is 6.92 Å². The van der Waals surface area contributed by atoms with Crippen LogP contribution in [0.25, 0.3) is 6.08 Å². The third-order valence-corrected chi connectivity index (χ3v) is 4.15. The fourth-order valence-corrected chi connectivity index (χ4v) is 2.60. The molecule has 3 heteroatoms. The predicted octanol–water partition coefficient (Wildman–Crippen LogP) is 4.72. The van der Waals surface area contributed by atoms with Crippen LogP contribution in [0.2, 0.25) is 0 Å². The number of rotatable bonds is 11. The fourth-order valence-electron chi connectivity index (χ4n) is 2.60. The van der Waals surface area contributed by atoms with Crippen LogP contribution in [-0.2, 0) is 9.59 Å². The van der Waals surface area contributed by atoms with Gasteiger partial charge >= 0.3 is 0 Å². The van der Waals surface area contributed by atoms with E-state index in [1.807, 2.05) is 47.4 Å². The molecule has 0 aliphatic rings. The van der Waals surface area contributed by atoms with Crippen LogP contribution in [0.15, 0.2) is 36.4 Å². The minimum absolute atomic E-state index is 0.0119. The highest BCUT2D eigenvalue weighted by molar-refractivity contribution is 6.00. The van der Waals surface area contributed by atoms with Crippen LogP contribution >= 0.6 is 0 Å². The van der Waals surface area contributed by atoms with Crippen molar-refractivity contribution in [3.05, 3.63) is 42.0 Å². The van der Waals surface area contributed by atoms with Crippen molar-refractivity contribution in [1.29, 1.82) is 0 Å². The first kappa shape index (κ1) is 20.1. The van der Waals surface area contributed by atoms with Gasteiger partial charge in [0.2, 0.25) is 5.91 Å². The molecule has 0 spiro atoms. The molecule has 0 N–H and O–H groups in total. The number of hydrogen-bond donors (Lipinski definition) is 0. The summed E-state index contributed by atoms with van der Waals surface area (Å²) in [6.07, 6.45) is 8.46. The molecular formula is C21H31NO2. The van der Waals surface area contributed by atoms with Gasteiger partial charge in [0, 0.05) is 13.1 Å². The van der Waals surface area contributed by atoms with Crippen molar-refractivity contribution in [3.8, 4) is 0 Å². The van der Waals surface area contributed by atoms with E-state index >= 15 is 0 Å². The Bertz CT molecular complexity index is 514. The summed E-state index contributed by atoms with van der Waals surface area (Å²) >= 11 is 0. The number of Topliss-reactive ketones (excluding diaryl/α,β-unsaturated/α-hetero) is 1. The predicted molar refractivity (Wildman–Crippen MR) is 101 cm³/mol. The Hall–Kier alpha value is -1.90. The number of unbranched alkanes of at least 4 members (excludes halogenated alkanes) is 2. The number of amides is 1. The standard InChI is InChI=1S/C21H31NO2/c1-4-6-16-22(17-7-5-2)21(24)20(18(3)23)15-11-14-19-12-9-8-10-13-19/h8-14,20H,4-7,15-17H2,1-3H3/b14-11+. The molecule has 0 saturated carbocycles. The van der Waals surface area contributed by atoms with Gasteiger partial charge in [-0.2, -0.15) is 0 Å². The number of carbonyl (C=O) groups is 2. The maximum Gasteiger partial charge on any atom is 0.233 e. The van der Waals surface area contributed by atoms with Gasteiger partial charge in [0.15, 0.2) is 0 Å². The van der Waals surface area contributed by atoms with Crippen LogP contribution in [0.3, 0.4) is 0 Å². The minimum Gasteiger partial charge on any atom is -0.342 e. The highest BCUT2D eigenvalue weighted by atomic mass is 16.2. The number of nitrogens with zero attached hydrogens (tertiary/aromatic N) is 1. The lowest BCUT2D eigenvalue weighted by molar-refractivity contribution is -0.140. The second-order valence-corrected chi connectivity index (χ2v) is 6.24. The number of hydrogen-bond acceptors (Lipinski definition) is 2. The third kappa shape index (κ3) is 7.12. The molecule has 3 nitrogen and oxygen atoms in total. The zero-order valence-corrected chi connectivity index (χ0v) is 15.3. The van der Waals surface area contributed by atoms with Gasteiger partial charge in [-0.05, 0) is 31.7 Å². The number of allylic oxidation sites excluding steroid dienone is 1. The molecule has 0 bridgehead atoms. The van der Waals surface area contributed by atoms with E-state index in [0.29, 0.717) is 6.42 Å². The molecule has 132 valence electrons. The molecule has 0 heterocycles. The summed E-state index contributed by atoms with van der Waals surface area (Å²) in [6, 6.07) is 9.94. The second-order valence-electron chi connectivity index (χ2n) is 6.24. The lowest BCUT2D eigenvalue weighted by atomic mass is 9.98. The van der Waals surface area contributed by atoms with Crippen LogP contribution in [0.4, 0.5) is 0 Å². The normalized spacial score (nSPS) is 12.3. The van der Waals surface area contributed by atoms with Crippen molar-refractivity contribution in [3.63, 3.8) is 0 Å². The van der Waals surface area contributed by atoms with Gasteiger partial charge in [0.1, 0.15) is 5.78 Å². The summed E-state index contributed by atoms with van der Waals surface area (Å²) < 4.78 is 0. The highest BCUT2D eigenvalue weighted by Gasteiger charge is 2.26. The first-order valence-corrected chi connectivity index (χ1v) is 9.11. The van der Waals surface area contributed by atoms with Gasteiger partial charge < -0.3 is 4.90 Å². The first-order chi connectivity index (χ1) is 11.6. The Morgan fingerprint density at radius 3 is 2.12 bits per heavy atom. The molecule has 0 radical (unpaired) electrons. The van der Waals surface area contributed by atoms with E-state index in [1.54, 1.807) is 0 Å². The molecule has 0 aliphatic heterocycles. The summed E-state index contributed by atoms with van der Waals surface area (Å²) in [4.78, 5) is 26.7.